The van der Waals surface area contributed by atoms with Crippen LogP contribution < -0.4 is 10.1 Å². The number of ether oxygens (including phenoxy) is 1. The van der Waals surface area contributed by atoms with Crippen LogP contribution in [0.1, 0.15) is 0 Å². The lowest BCUT2D eigenvalue weighted by Crippen LogP contribution is -2.25. The Bertz CT molecular complexity index is 1020. The summed E-state index contributed by atoms with van der Waals surface area (Å²) in [5.41, 5.74) is 3.01. The number of hydrogen-bond donors (Lipinski definition) is 1. The topological polar surface area (TPSA) is 67.3 Å². The average Bonchev–Trinajstić information content (AvgIpc) is 3.00. The van der Waals surface area contributed by atoms with E-state index in [9.17, 15) is 4.79 Å². The summed E-state index contributed by atoms with van der Waals surface area (Å²) in [6.07, 6.45) is 1.74. The SMILES string of the molecule is COc1cc(-c2ccc3nc(NC(=O)C4C5CN(C)CC54)sc3c2)ccn1. The maximum absolute atomic E-state index is 12.5. The smallest absolute Gasteiger partial charge is 0.229 e. The minimum atomic E-state index is 0.122. The van der Waals surface area contributed by atoms with Crippen molar-refractivity contribution in [2.75, 3.05) is 32.6 Å². The first kappa shape index (κ1) is 16.6. The highest BCUT2D eigenvalue weighted by atomic mass is 32.1. The van der Waals surface area contributed by atoms with E-state index in [2.05, 4.69) is 33.3 Å². The highest BCUT2D eigenvalue weighted by Gasteiger charge is 2.58. The minimum absolute atomic E-state index is 0.122. The van der Waals surface area contributed by atoms with Crippen molar-refractivity contribution in [2.45, 2.75) is 0 Å². The van der Waals surface area contributed by atoms with E-state index in [1.807, 2.05) is 24.3 Å². The van der Waals surface area contributed by atoms with Gasteiger partial charge in [-0.15, -0.1) is 0 Å². The van der Waals surface area contributed by atoms with E-state index in [4.69, 9.17) is 4.74 Å². The van der Waals surface area contributed by atoms with Gasteiger partial charge in [-0.3, -0.25) is 4.79 Å². The maximum Gasteiger partial charge on any atom is 0.229 e. The molecule has 2 fully saturated rings. The van der Waals surface area contributed by atoms with E-state index in [0.717, 1.165) is 34.4 Å². The van der Waals surface area contributed by atoms with Crippen molar-refractivity contribution in [1.29, 1.82) is 0 Å². The second-order valence-electron chi connectivity index (χ2n) is 7.35. The molecule has 1 aliphatic heterocycles. The molecular formula is C20H20N4O2S. The van der Waals surface area contributed by atoms with Gasteiger partial charge in [0.15, 0.2) is 5.13 Å². The Kier molecular flexibility index (Phi) is 3.87. The van der Waals surface area contributed by atoms with Gasteiger partial charge in [-0.25, -0.2) is 9.97 Å². The van der Waals surface area contributed by atoms with Crippen LogP contribution in [-0.4, -0.2) is 48.0 Å². The number of rotatable bonds is 4. The zero-order valence-corrected chi connectivity index (χ0v) is 16.0. The summed E-state index contributed by atoms with van der Waals surface area (Å²) in [6.45, 7) is 2.06. The van der Waals surface area contributed by atoms with E-state index in [1.54, 1.807) is 13.3 Å². The molecular weight excluding hydrogens is 360 g/mol. The summed E-state index contributed by atoms with van der Waals surface area (Å²) in [7, 11) is 3.73. The Morgan fingerprint density at radius 1 is 1.22 bits per heavy atom. The van der Waals surface area contributed by atoms with Gasteiger partial charge in [0.1, 0.15) is 0 Å². The lowest BCUT2D eigenvalue weighted by atomic mass is 10.1. The van der Waals surface area contributed by atoms with Crippen LogP contribution in [0.25, 0.3) is 21.3 Å². The molecule has 0 bridgehead atoms. The zero-order valence-electron chi connectivity index (χ0n) is 15.2. The second kappa shape index (κ2) is 6.28. The third-order valence-corrected chi connectivity index (χ3v) is 6.51. The van der Waals surface area contributed by atoms with Crippen LogP contribution >= 0.6 is 11.3 Å². The number of aromatic nitrogens is 2. The average molecular weight is 380 g/mol. The van der Waals surface area contributed by atoms with E-state index < -0.39 is 0 Å². The maximum atomic E-state index is 12.5. The standard InChI is InChI=1S/C20H20N4O2S/c1-24-9-13-14(10-24)18(13)19(25)23-20-22-15-4-3-11(7-16(15)27-20)12-5-6-21-17(8-12)26-2/h3-8,13-14,18H,9-10H2,1-2H3,(H,22,23,25). The molecule has 6 nitrogen and oxygen atoms in total. The largest absolute Gasteiger partial charge is 0.481 e. The fraction of sp³-hybridized carbons (Fsp3) is 0.350. The van der Waals surface area contributed by atoms with E-state index in [-0.39, 0.29) is 11.8 Å². The van der Waals surface area contributed by atoms with Crippen molar-refractivity contribution >= 4 is 32.6 Å². The van der Waals surface area contributed by atoms with Gasteiger partial charge < -0.3 is 15.0 Å². The van der Waals surface area contributed by atoms with Crippen LogP contribution in [0.3, 0.4) is 0 Å². The fourth-order valence-electron chi connectivity index (χ4n) is 4.17. The number of amides is 1. The number of thiazole rings is 1. The predicted molar refractivity (Wildman–Crippen MR) is 106 cm³/mol. The molecule has 2 aromatic heterocycles. The summed E-state index contributed by atoms with van der Waals surface area (Å²) in [5, 5.41) is 3.71. The lowest BCUT2D eigenvalue weighted by Gasteiger charge is -2.12. The monoisotopic (exact) mass is 380 g/mol. The number of piperidine rings is 1. The first-order valence-corrected chi connectivity index (χ1v) is 9.84. The molecule has 2 unspecified atom stereocenters. The molecule has 3 heterocycles. The van der Waals surface area contributed by atoms with Gasteiger partial charge in [0.25, 0.3) is 0 Å². The Morgan fingerprint density at radius 3 is 2.78 bits per heavy atom. The fourth-order valence-corrected chi connectivity index (χ4v) is 5.08. The third kappa shape index (κ3) is 2.96. The van der Waals surface area contributed by atoms with Gasteiger partial charge in [0.05, 0.1) is 17.3 Å². The number of nitrogens with zero attached hydrogens (tertiary/aromatic N) is 3. The van der Waals surface area contributed by atoms with Gasteiger partial charge in [-0.05, 0) is 48.2 Å². The second-order valence-corrected chi connectivity index (χ2v) is 8.38. The predicted octanol–water partition coefficient (Wildman–Crippen LogP) is 3.11. The van der Waals surface area contributed by atoms with E-state index >= 15 is 0 Å². The van der Waals surface area contributed by atoms with Gasteiger partial charge in [0, 0.05) is 31.3 Å². The van der Waals surface area contributed by atoms with Crippen molar-refractivity contribution < 1.29 is 9.53 Å². The number of benzene rings is 1. The van der Waals surface area contributed by atoms with Crippen molar-refractivity contribution in [3.8, 4) is 17.0 Å². The molecule has 1 N–H and O–H groups in total. The van der Waals surface area contributed by atoms with Crippen molar-refractivity contribution in [1.82, 2.24) is 14.9 Å². The van der Waals surface area contributed by atoms with Crippen LogP contribution in [0.5, 0.6) is 5.88 Å². The Hall–Kier alpha value is -2.51. The zero-order chi connectivity index (χ0) is 18.5. The van der Waals surface area contributed by atoms with Gasteiger partial charge >= 0.3 is 0 Å². The molecule has 1 aliphatic carbocycles. The van der Waals surface area contributed by atoms with Crippen molar-refractivity contribution in [2.24, 2.45) is 17.8 Å². The number of methoxy groups -OCH3 is 1. The van der Waals surface area contributed by atoms with Crippen LogP contribution in [0.15, 0.2) is 36.5 Å². The molecule has 3 aromatic rings. The number of pyridine rings is 1. The number of hydrogen-bond acceptors (Lipinski definition) is 6. The molecule has 7 heteroatoms. The minimum Gasteiger partial charge on any atom is -0.481 e. The number of nitrogens with one attached hydrogen (secondary N) is 1. The first-order valence-electron chi connectivity index (χ1n) is 9.03. The molecule has 27 heavy (non-hydrogen) atoms. The number of likely N-dealkylation sites (tertiary alicyclic amines) is 1. The quantitative estimate of drug-likeness (QED) is 0.753. The molecule has 0 radical (unpaired) electrons. The first-order chi connectivity index (χ1) is 13.1. The Balaban J connectivity index is 1.35. The summed E-state index contributed by atoms with van der Waals surface area (Å²) >= 11 is 1.52. The lowest BCUT2D eigenvalue weighted by molar-refractivity contribution is -0.118. The molecule has 5 rings (SSSR count). The Labute approximate surface area is 161 Å². The van der Waals surface area contributed by atoms with Crippen molar-refractivity contribution in [3.05, 3.63) is 36.5 Å². The third-order valence-electron chi connectivity index (χ3n) is 5.58. The number of carbonyl (C=O) groups is 1. The normalized spacial score (nSPS) is 24.0. The molecule has 2 aliphatic rings. The highest BCUT2D eigenvalue weighted by Crippen LogP contribution is 2.51. The highest BCUT2D eigenvalue weighted by molar-refractivity contribution is 7.22. The van der Waals surface area contributed by atoms with Crippen LogP contribution in [0.4, 0.5) is 5.13 Å². The van der Waals surface area contributed by atoms with Crippen LogP contribution in [0, 0.1) is 17.8 Å². The van der Waals surface area contributed by atoms with E-state index in [0.29, 0.717) is 22.8 Å². The number of carbonyl (C=O) groups excluding carboxylic acids is 1. The summed E-state index contributed by atoms with van der Waals surface area (Å²) in [6, 6.07) is 9.98. The van der Waals surface area contributed by atoms with Gasteiger partial charge in [0.2, 0.25) is 11.8 Å². The molecule has 138 valence electrons. The number of fused-ring (bicyclic) bond motifs is 2. The molecule has 1 amide bonds. The summed E-state index contributed by atoms with van der Waals surface area (Å²) < 4.78 is 6.26. The van der Waals surface area contributed by atoms with Crippen molar-refractivity contribution in [3.63, 3.8) is 0 Å². The molecule has 1 aromatic carbocycles. The van der Waals surface area contributed by atoms with E-state index in [1.165, 1.54) is 11.3 Å². The molecule has 1 saturated carbocycles. The Morgan fingerprint density at radius 2 is 2.00 bits per heavy atom. The molecule has 0 spiro atoms. The summed E-state index contributed by atoms with van der Waals surface area (Å²) in [4.78, 5) is 23.6. The molecule has 1 saturated heterocycles. The van der Waals surface area contributed by atoms with Gasteiger partial charge in [-0.2, -0.15) is 0 Å². The summed E-state index contributed by atoms with van der Waals surface area (Å²) in [5.74, 6) is 1.92. The van der Waals surface area contributed by atoms with Crippen LogP contribution in [0.2, 0.25) is 0 Å². The van der Waals surface area contributed by atoms with Crippen LogP contribution in [-0.2, 0) is 4.79 Å². The van der Waals surface area contributed by atoms with Gasteiger partial charge in [-0.1, -0.05) is 17.4 Å². The molecule has 2 atom stereocenters. The number of anilines is 1.